The van der Waals surface area contributed by atoms with Gasteiger partial charge in [-0.15, -0.1) is 0 Å². The second kappa shape index (κ2) is 7.27. The van der Waals surface area contributed by atoms with Crippen LogP contribution in [0.5, 0.6) is 0 Å². The quantitative estimate of drug-likeness (QED) is 0.277. The van der Waals surface area contributed by atoms with Crippen molar-refractivity contribution >= 4 is 23.9 Å². The van der Waals surface area contributed by atoms with Crippen LogP contribution in [-0.2, 0) is 28.7 Å². The highest BCUT2D eigenvalue weighted by molar-refractivity contribution is 5.97. The Morgan fingerprint density at radius 2 is 0.528 bits per heavy atom. The molecule has 0 amide bonds. The Kier molecular flexibility index (Phi) is 4.26. The molecular formula is C30H28O6. The van der Waals surface area contributed by atoms with Gasteiger partial charge in [-0.3, -0.25) is 19.2 Å². The third-order valence-electron chi connectivity index (χ3n) is 10.4. The predicted molar refractivity (Wildman–Crippen MR) is 127 cm³/mol. The third-order valence-corrected chi connectivity index (χ3v) is 10.4. The first-order valence-electron chi connectivity index (χ1n) is 13.4. The molecule has 0 aromatic heterocycles. The molecule has 6 nitrogen and oxygen atoms in total. The van der Waals surface area contributed by atoms with E-state index in [1.165, 1.54) is 44.6 Å². The lowest BCUT2D eigenvalue weighted by molar-refractivity contribution is -0.155. The van der Waals surface area contributed by atoms with Gasteiger partial charge in [0.15, 0.2) is 0 Å². The molecule has 6 heteroatoms. The Morgan fingerprint density at radius 1 is 0.333 bits per heavy atom. The summed E-state index contributed by atoms with van der Waals surface area (Å²) in [4.78, 5) is 48.6. The van der Waals surface area contributed by atoms with Crippen molar-refractivity contribution in [2.24, 2.45) is 23.7 Å². The number of esters is 4. The highest BCUT2D eigenvalue weighted by Crippen LogP contribution is 2.54. The third kappa shape index (κ3) is 2.96. The summed E-state index contributed by atoms with van der Waals surface area (Å²) in [5.41, 5.74) is 14.8. The summed E-state index contributed by atoms with van der Waals surface area (Å²) in [7, 11) is 0. The highest BCUT2D eigenvalue weighted by atomic mass is 16.6. The van der Waals surface area contributed by atoms with Gasteiger partial charge in [-0.25, -0.2) is 0 Å². The van der Waals surface area contributed by atoms with Crippen LogP contribution in [-0.4, -0.2) is 23.9 Å². The molecule has 0 aromatic carbocycles. The van der Waals surface area contributed by atoms with Crippen molar-refractivity contribution in [3.05, 3.63) is 55.7 Å². The molecule has 8 aliphatic rings. The van der Waals surface area contributed by atoms with E-state index in [0.29, 0.717) is 25.7 Å². The molecule has 2 saturated heterocycles. The molecule has 2 fully saturated rings. The number of rotatable bonds is 0. The molecule has 2 heterocycles. The number of hydrogen-bond acceptors (Lipinski definition) is 6. The van der Waals surface area contributed by atoms with Gasteiger partial charge < -0.3 is 9.47 Å². The maximum atomic E-state index is 12.2. The average molecular weight is 485 g/mol. The molecular weight excluding hydrogens is 456 g/mol. The normalized spacial score (nSPS) is 35.1. The summed E-state index contributed by atoms with van der Waals surface area (Å²) < 4.78 is 9.92. The lowest BCUT2D eigenvalue weighted by Gasteiger charge is -2.39. The number of hydrogen-bond donors (Lipinski definition) is 0. The fraction of sp³-hybridized carbons (Fsp3) is 0.533. The van der Waals surface area contributed by atoms with Gasteiger partial charge in [0.25, 0.3) is 0 Å². The average Bonchev–Trinajstić information content (AvgIpc) is 3.29. The van der Waals surface area contributed by atoms with Crippen molar-refractivity contribution < 1.29 is 28.7 Å². The van der Waals surface area contributed by atoms with Gasteiger partial charge in [0.1, 0.15) is 0 Å². The van der Waals surface area contributed by atoms with Gasteiger partial charge in [0.2, 0.25) is 0 Å². The van der Waals surface area contributed by atoms with Crippen LogP contribution in [0.2, 0.25) is 0 Å². The largest absolute Gasteiger partial charge is 0.393 e. The van der Waals surface area contributed by atoms with E-state index in [2.05, 4.69) is 0 Å². The molecule has 0 saturated carbocycles. The predicted octanol–water partition coefficient (Wildman–Crippen LogP) is 4.86. The van der Waals surface area contributed by atoms with E-state index in [1.807, 2.05) is 0 Å². The van der Waals surface area contributed by atoms with Crippen molar-refractivity contribution in [3.63, 3.8) is 0 Å². The smallest absolute Gasteiger partial charge is 0.317 e. The second-order valence-electron chi connectivity index (χ2n) is 12.2. The monoisotopic (exact) mass is 484 g/mol. The number of fused-ring (bicyclic) bond motifs is 2. The summed E-state index contributed by atoms with van der Waals surface area (Å²) in [5.74, 6) is -2.39. The molecule has 4 atom stereocenters. The second-order valence-corrected chi connectivity index (χ2v) is 12.2. The molecule has 0 spiro atoms. The van der Waals surface area contributed by atoms with Gasteiger partial charge in [-0.05, 0) is 77.0 Å². The van der Waals surface area contributed by atoms with Crippen LogP contribution in [0.4, 0.5) is 0 Å². The lowest BCUT2D eigenvalue weighted by atomic mass is 9.64. The van der Waals surface area contributed by atoms with Crippen molar-refractivity contribution in [2.75, 3.05) is 0 Å². The first kappa shape index (κ1) is 21.1. The van der Waals surface area contributed by atoms with E-state index in [9.17, 15) is 19.2 Å². The Morgan fingerprint density at radius 3 is 0.750 bits per heavy atom. The van der Waals surface area contributed by atoms with Gasteiger partial charge in [0, 0.05) is 0 Å². The zero-order valence-corrected chi connectivity index (χ0v) is 20.2. The van der Waals surface area contributed by atoms with Crippen LogP contribution in [0.3, 0.4) is 0 Å². The van der Waals surface area contributed by atoms with Crippen LogP contribution >= 0.6 is 0 Å². The van der Waals surface area contributed by atoms with Crippen LogP contribution < -0.4 is 0 Å². The summed E-state index contributed by atoms with van der Waals surface area (Å²) in [6, 6.07) is 0. The number of allylic oxidation sites excluding steroid dienone is 10. The minimum atomic E-state index is -0.327. The molecule has 184 valence electrons. The first-order valence-corrected chi connectivity index (χ1v) is 13.4. The zero-order chi connectivity index (χ0) is 24.3. The minimum absolute atomic E-state index is 0.272. The lowest BCUT2D eigenvalue weighted by Crippen LogP contribution is -2.28. The van der Waals surface area contributed by atoms with Gasteiger partial charge in [0.05, 0.1) is 23.7 Å². The summed E-state index contributed by atoms with van der Waals surface area (Å²) in [6.45, 7) is 0. The number of ether oxygens (including phenoxy) is 2. The van der Waals surface area contributed by atoms with Crippen molar-refractivity contribution in [3.8, 4) is 0 Å². The SMILES string of the molecule is O=C1OC(=O)C2CC3=C(CC4=C(CC5=C(C4)CC4=C(C5)CC5=C(C4)CC4C(=O)OC(=O)C4C5)C3)CC12. The Balaban J connectivity index is 0.988. The molecule has 0 N–H and O–H groups in total. The van der Waals surface area contributed by atoms with Gasteiger partial charge in [-0.1, -0.05) is 55.7 Å². The van der Waals surface area contributed by atoms with Crippen molar-refractivity contribution in [2.45, 2.75) is 77.0 Å². The van der Waals surface area contributed by atoms with Crippen molar-refractivity contribution in [1.82, 2.24) is 0 Å². The molecule has 0 radical (unpaired) electrons. The van der Waals surface area contributed by atoms with Crippen LogP contribution in [0.25, 0.3) is 0 Å². The fourth-order valence-corrected chi connectivity index (χ4v) is 8.42. The molecule has 36 heavy (non-hydrogen) atoms. The van der Waals surface area contributed by atoms with E-state index >= 15 is 0 Å². The Bertz CT molecular complexity index is 1180. The maximum absolute atomic E-state index is 12.2. The van der Waals surface area contributed by atoms with E-state index in [0.717, 1.165) is 51.4 Å². The summed E-state index contributed by atoms with van der Waals surface area (Å²) >= 11 is 0. The number of carbonyl (C=O) groups excluding carboxylic acids is 4. The molecule has 4 unspecified atom stereocenters. The van der Waals surface area contributed by atoms with E-state index in [4.69, 9.17) is 9.47 Å². The maximum Gasteiger partial charge on any atom is 0.317 e. The van der Waals surface area contributed by atoms with Crippen LogP contribution in [0, 0.1) is 23.7 Å². The minimum Gasteiger partial charge on any atom is -0.393 e. The molecule has 0 aromatic rings. The Labute approximate surface area is 209 Å². The summed E-state index contributed by atoms with van der Waals surface area (Å²) in [6.07, 6.45) is 10.7. The molecule has 2 aliphatic heterocycles. The van der Waals surface area contributed by atoms with Crippen LogP contribution in [0.15, 0.2) is 55.7 Å². The summed E-state index contributed by atoms with van der Waals surface area (Å²) in [5, 5.41) is 0. The molecule has 8 rings (SSSR count). The van der Waals surface area contributed by atoms with Crippen molar-refractivity contribution in [1.29, 1.82) is 0 Å². The fourth-order valence-electron chi connectivity index (χ4n) is 8.42. The molecule has 6 aliphatic carbocycles. The molecule has 0 bridgehead atoms. The number of carbonyl (C=O) groups is 4. The first-order chi connectivity index (χ1) is 17.4. The highest BCUT2D eigenvalue weighted by Gasteiger charge is 2.49. The number of cyclic esters (lactones) is 4. The van der Waals surface area contributed by atoms with E-state index < -0.39 is 0 Å². The topological polar surface area (TPSA) is 86.7 Å². The van der Waals surface area contributed by atoms with Crippen LogP contribution in [0.1, 0.15) is 77.0 Å². The van der Waals surface area contributed by atoms with E-state index in [1.54, 1.807) is 11.1 Å². The van der Waals surface area contributed by atoms with Gasteiger partial charge in [-0.2, -0.15) is 0 Å². The van der Waals surface area contributed by atoms with Gasteiger partial charge >= 0.3 is 23.9 Å². The standard InChI is InChI=1S/C30H28O6/c31-27-23-9-19-5-15-1-13-2-17-7-21-11-25-26(30(34)36-29(25)33)12-22(21)8-18(17)4-14(13)3-16(15)6-20(19)10-24(23)28(32)35-27/h23-26H,1-12H2. The zero-order valence-electron chi connectivity index (χ0n) is 20.2. The Hall–Kier alpha value is -3.02. The van der Waals surface area contributed by atoms with E-state index in [-0.39, 0.29) is 47.5 Å².